The van der Waals surface area contributed by atoms with Gasteiger partial charge in [0, 0.05) is 32.6 Å². The minimum absolute atomic E-state index is 0.187. The molecular formula is C16H20FN3O. The zero-order valence-corrected chi connectivity index (χ0v) is 12.3. The minimum atomic E-state index is -0.381. The fourth-order valence-electron chi connectivity index (χ4n) is 2.61. The molecule has 1 amide bonds. The molecule has 112 valence electrons. The Bertz CT molecular complexity index is 515. The van der Waals surface area contributed by atoms with Crippen molar-refractivity contribution in [2.45, 2.75) is 25.8 Å². The van der Waals surface area contributed by atoms with Crippen molar-refractivity contribution >= 4 is 5.91 Å². The first kappa shape index (κ1) is 15.5. The van der Waals surface area contributed by atoms with Crippen LogP contribution in [0.4, 0.5) is 4.39 Å². The molecule has 0 bridgehead atoms. The van der Waals surface area contributed by atoms with E-state index in [1.54, 1.807) is 12.1 Å². The van der Waals surface area contributed by atoms with Gasteiger partial charge in [0.05, 0.1) is 6.07 Å². The van der Waals surface area contributed by atoms with Gasteiger partial charge in [0.25, 0.3) is 0 Å². The summed E-state index contributed by atoms with van der Waals surface area (Å²) >= 11 is 0. The van der Waals surface area contributed by atoms with Crippen molar-refractivity contribution in [2.24, 2.45) is 0 Å². The molecule has 1 aliphatic heterocycles. The molecule has 0 N–H and O–H groups in total. The van der Waals surface area contributed by atoms with Crippen LogP contribution in [0.3, 0.4) is 0 Å². The number of piperazine rings is 1. The predicted octanol–water partition coefficient (Wildman–Crippen LogP) is 2.33. The van der Waals surface area contributed by atoms with Gasteiger partial charge in [-0.15, -0.1) is 0 Å². The Morgan fingerprint density at radius 3 is 2.43 bits per heavy atom. The predicted molar refractivity (Wildman–Crippen MR) is 77.8 cm³/mol. The minimum Gasteiger partial charge on any atom is -0.340 e. The van der Waals surface area contributed by atoms with Crippen LogP contribution in [0.2, 0.25) is 0 Å². The van der Waals surface area contributed by atoms with Gasteiger partial charge >= 0.3 is 0 Å². The van der Waals surface area contributed by atoms with Gasteiger partial charge in [-0.1, -0.05) is 19.1 Å². The van der Waals surface area contributed by atoms with Crippen LogP contribution in [-0.2, 0) is 4.79 Å². The van der Waals surface area contributed by atoms with E-state index in [-0.39, 0.29) is 17.8 Å². The van der Waals surface area contributed by atoms with Gasteiger partial charge in [0.2, 0.25) is 5.91 Å². The van der Waals surface area contributed by atoms with E-state index in [9.17, 15) is 14.4 Å². The van der Waals surface area contributed by atoms with Crippen molar-refractivity contribution in [1.29, 1.82) is 5.26 Å². The molecule has 0 radical (unpaired) electrons. The zero-order chi connectivity index (χ0) is 15.2. The molecule has 1 heterocycles. The Kier molecular flexibility index (Phi) is 5.29. The zero-order valence-electron chi connectivity index (χ0n) is 12.3. The van der Waals surface area contributed by atoms with E-state index >= 15 is 0 Å². The molecule has 0 saturated carbocycles. The third kappa shape index (κ3) is 3.79. The van der Waals surface area contributed by atoms with E-state index in [0.29, 0.717) is 32.6 Å². The molecular weight excluding hydrogens is 269 g/mol. The van der Waals surface area contributed by atoms with Crippen LogP contribution >= 0.6 is 0 Å². The number of halogens is 1. The van der Waals surface area contributed by atoms with Crippen molar-refractivity contribution in [2.75, 3.05) is 26.2 Å². The summed E-state index contributed by atoms with van der Waals surface area (Å²) in [7, 11) is 0. The number of amides is 1. The lowest BCUT2D eigenvalue weighted by Crippen LogP contribution is -2.49. The van der Waals surface area contributed by atoms with Crippen LogP contribution in [0, 0.1) is 17.1 Å². The number of rotatable bonds is 4. The first-order valence-corrected chi connectivity index (χ1v) is 7.32. The maximum atomic E-state index is 13.0. The standard InChI is InChI=1S/C16H20FN3O/c1-2-3-16(21)20-10-8-19(9-11-20)15(12-18)13-4-6-14(17)7-5-13/h4-7,15H,2-3,8-11H2,1H3. The molecule has 1 unspecified atom stereocenters. The molecule has 1 aromatic rings. The Morgan fingerprint density at radius 2 is 1.90 bits per heavy atom. The Balaban J connectivity index is 1.98. The van der Waals surface area contributed by atoms with Gasteiger partial charge < -0.3 is 4.90 Å². The summed E-state index contributed by atoms with van der Waals surface area (Å²) in [5.41, 5.74) is 0.798. The molecule has 0 aliphatic carbocycles. The SMILES string of the molecule is CCCC(=O)N1CCN(C(C#N)c2ccc(F)cc2)CC1. The average molecular weight is 289 g/mol. The summed E-state index contributed by atoms with van der Waals surface area (Å²) in [4.78, 5) is 15.8. The molecule has 1 atom stereocenters. The third-order valence-electron chi connectivity index (χ3n) is 3.80. The quantitative estimate of drug-likeness (QED) is 0.854. The maximum Gasteiger partial charge on any atom is 0.222 e. The van der Waals surface area contributed by atoms with Gasteiger partial charge in [0.15, 0.2) is 0 Å². The summed E-state index contributed by atoms with van der Waals surface area (Å²) in [6.07, 6.45) is 1.44. The van der Waals surface area contributed by atoms with Crippen LogP contribution in [0.1, 0.15) is 31.4 Å². The van der Waals surface area contributed by atoms with Crippen LogP contribution < -0.4 is 0 Å². The average Bonchev–Trinajstić information content (AvgIpc) is 2.51. The fraction of sp³-hybridized carbons (Fsp3) is 0.500. The van der Waals surface area contributed by atoms with Crippen LogP contribution in [0.5, 0.6) is 0 Å². The highest BCUT2D eigenvalue weighted by molar-refractivity contribution is 5.76. The fourth-order valence-corrected chi connectivity index (χ4v) is 2.61. The Labute approximate surface area is 124 Å². The Morgan fingerprint density at radius 1 is 1.29 bits per heavy atom. The highest BCUT2D eigenvalue weighted by atomic mass is 19.1. The second-order valence-electron chi connectivity index (χ2n) is 5.25. The van der Waals surface area contributed by atoms with Crippen molar-refractivity contribution in [1.82, 2.24) is 9.80 Å². The van der Waals surface area contributed by atoms with Crippen molar-refractivity contribution in [3.8, 4) is 6.07 Å². The topological polar surface area (TPSA) is 47.3 Å². The molecule has 4 nitrogen and oxygen atoms in total. The second kappa shape index (κ2) is 7.19. The third-order valence-corrected chi connectivity index (χ3v) is 3.80. The molecule has 1 aliphatic rings. The first-order chi connectivity index (χ1) is 10.2. The summed E-state index contributed by atoms with van der Waals surface area (Å²) in [5.74, 6) is -0.113. The van der Waals surface area contributed by atoms with Crippen molar-refractivity contribution in [3.63, 3.8) is 0 Å². The summed E-state index contributed by atoms with van der Waals surface area (Å²) < 4.78 is 13.0. The normalized spacial score (nSPS) is 17.3. The van der Waals surface area contributed by atoms with Gasteiger partial charge in [-0.3, -0.25) is 9.69 Å². The van der Waals surface area contributed by atoms with Crippen molar-refractivity contribution in [3.05, 3.63) is 35.6 Å². The lowest BCUT2D eigenvalue weighted by Gasteiger charge is -2.37. The summed E-state index contributed by atoms with van der Waals surface area (Å²) in [5, 5.41) is 9.39. The van der Waals surface area contributed by atoms with Gasteiger partial charge in [0.1, 0.15) is 11.9 Å². The number of carbonyl (C=O) groups excluding carboxylic acids is 1. The molecule has 5 heteroatoms. The molecule has 0 spiro atoms. The number of nitrogens with zero attached hydrogens (tertiary/aromatic N) is 3. The molecule has 1 fully saturated rings. The monoisotopic (exact) mass is 289 g/mol. The Hall–Kier alpha value is -1.93. The van der Waals surface area contributed by atoms with Gasteiger partial charge in [-0.05, 0) is 24.1 Å². The summed E-state index contributed by atoms with van der Waals surface area (Å²) in [6.45, 7) is 4.64. The van der Waals surface area contributed by atoms with E-state index in [1.165, 1.54) is 12.1 Å². The smallest absolute Gasteiger partial charge is 0.222 e. The highest BCUT2D eigenvalue weighted by Crippen LogP contribution is 2.22. The molecule has 0 aromatic heterocycles. The summed E-state index contributed by atoms with van der Waals surface area (Å²) in [6, 6.07) is 7.95. The molecule has 1 aromatic carbocycles. The van der Waals surface area contributed by atoms with Crippen molar-refractivity contribution < 1.29 is 9.18 Å². The maximum absolute atomic E-state index is 13.0. The lowest BCUT2D eigenvalue weighted by molar-refractivity contribution is -0.133. The van der Waals surface area contributed by atoms with E-state index in [2.05, 4.69) is 6.07 Å². The molecule has 21 heavy (non-hydrogen) atoms. The number of carbonyl (C=O) groups is 1. The first-order valence-electron chi connectivity index (χ1n) is 7.32. The molecule has 2 rings (SSSR count). The number of hydrogen-bond donors (Lipinski definition) is 0. The van der Waals surface area contributed by atoms with E-state index < -0.39 is 0 Å². The second-order valence-corrected chi connectivity index (χ2v) is 5.25. The van der Waals surface area contributed by atoms with E-state index in [1.807, 2.05) is 16.7 Å². The van der Waals surface area contributed by atoms with Crippen LogP contribution in [0.25, 0.3) is 0 Å². The van der Waals surface area contributed by atoms with Crippen LogP contribution in [-0.4, -0.2) is 41.9 Å². The lowest BCUT2D eigenvalue weighted by atomic mass is 10.1. The van der Waals surface area contributed by atoms with Crippen LogP contribution in [0.15, 0.2) is 24.3 Å². The highest BCUT2D eigenvalue weighted by Gasteiger charge is 2.26. The number of benzene rings is 1. The van der Waals surface area contributed by atoms with E-state index in [0.717, 1.165) is 12.0 Å². The van der Waals surface area contributed by atoms with Gasteiger partial charge in [-0.2, -0.15) is 5.26 Å². The van der Waals surface area contributed by atoms with E-state index in [4.69, 9.17) is 0 Å². The van der Waals surface area contributed by atoms with Gasteiger partial charge in [-0.25, -0.2) is 4.39 Å². The number of nitriles is 1. The largest absolute Gasteiger partial charge is 0.340 e. The molecule has 1 saturated heterocycles. The number of hydrogen-bond acceptors (Lipinski definition) is 3.